The highest BCUT2D eigenvalue weighted by Gasteiger charge is 2.50. The van der Waals surface area contributed by atoms with Crippen LogP contribution in [0.4, 0.5) is 13.6 Å². The summed E-state index contributed by atoms with van der Waals surface area (Å²) in [4.78, 5) is 26.2. The molecule has 1 aliphatic heterocycles. The van der Waals surface area contributed by atoms with Gasteiger partial charge in [-0.3, -0.25) is 9.69 Å². The van der Waals surface area contributed by atoms with E-state index in [1.807, 2.05) is 24.3 Å². The Hall–Kier alpha value is -2.76. The molecule has 0 aliphatic carbocycles. The van der Waals surface area contributed by atoms with Crippen molar-refractivity contribution in [2.24, 2.45) is 0 Å². The van der Waals surface area contributed by atoms with Crippen molar-refractivity contribution in [3.63, 3.8) is 0 Å². The largest absolute Gasteiger partial charge is 0.325 e. The minimum atomic E-state index is -1.64. The highest BCUT2D eigenvalue weighted by Crippen LogP contribution is 2.32. The number of imide groups is 1. The van der Waals surface area contributed by atoms with Crippen LogP contribution >= 0.6 is 0 Å². The molecule has 4 nitrogen and oxygen atoms in total. The average molecular weight is 358 g/mol. The first-order valence-electron chi connectivity index (χ1n) is 8.41. The van der Waals surface area contributed by atoms with E-state index in [1.54, 1.807) is 0 Å². The molecule has 1 saturated heterocycles. The Morgan fingerprint density at radius 1 is 1.08 bits per heavy atom. The zero-order valence-corrected chi connectivity index (χ0v) is 14.8. The van der Waals surface area contributed by atoms with Gasteiger partial charge in [0.1, 0.15) is 17.2 Å². The van der Waals surface area contributed by atoms with Crippen molar-refractivity contribution in [1.29, 1.82) is 0 Å². The molecule has 0 radical (unpaired) electrons. The molecule has 0 saturated carbocycles. The van der Waals surface area contributed by atoms with Crippen molar-refractivity contribution in [2.75, 3.05) is 0 Å². The van der Waals surface area contributed by atoms with Gasteiger partial charge in [0.25, 0.3) is 5.91 Å². The Morgan fingerprint density at radius 3 is 2.35 bits per heavy atom. The van der Waals surface area contributed by atoms with Gasteiger partial charge in [0.2, 0.25) is 0 Å². The van der Waals surface area contributed by atoms with E-state index in [1.165, 1.54) is 6.92 Å². The van der Waals surface area contributed by atoms with Crippen LogP contribution in [0.1, 0.15) is 43.4 Å². The number of nitrogens with one attached hydrogen (secondary N) is 1. The lowest BCUT2D eigenvalue weighted by Crippen LogP contribution is -2.41. The fourth-order valence-corrected chi connectivity index (χ4v) is 3.09. The molecule has 1 fully saturated rings. The van der Waals surface area contributed by atoms with Crippen LogP contribution in [-0.4, -0.2) is 16.8 Å². The van der Waals surface area contributed by atoms with Gasteiger partial charge in [0.15, 0.2) is 0 Å². The van der Waals surface area contributed by atoms with Crippen LogP contribution < -0.4 is 5.32 Å². The second kappa shape index (κ2) is 6.52. The number of halogens is 2. The standard InChI is InChI=1S/C20H20F2N2O2/c1-12(2)14-6-4-13(5-7-14)11-24-18(25)20(3,23-19(24)26)16-10-15(21)8-9-17(16)22/h4-10,12H,11H2,1-3H3,(H,23,26). The molecule has 6 heteroatoms. The molecule has 3 rings (SSSR count). The summed E-state index contributed by atoms with van der Waals surface area (Å²) in [6.07, 6.45) is 0. The molecule has 0 aromatic heterocycles. The maximum atomic E-state index is 14.2. The second-order valence-corrected chi connectivity index (χ2v) is 6.97. The number of rotatable bonds is 4. The lowest BCUT2D eigenvalue weighted by Gasteiger charge is -2.23. The van der Waals surface area contributed by atoms with E-state index in [0.717, 1.165) is 34.2 Å². The topological polar surface area (TPSA) is 49.4 Å². The van der Waals surface area contributed by atoms with Gasteiger partial charge in [0, 0.05) is 5.56 Å². The number of carbonyl (C=O) groups is 2. The summed E-state index contributed by atoms with van der Waals surface area (Å²) < 4.78 is 27.7. The third kappa shape index (κ3) is 3.07. The minimum Gasteiger partial charge on any atom is -0.319 e. The van der Waals surface area contributed by atoms with Gasteiger partial charge in [-0.15, -0.1) is 0 Å². The summed E-state index contributed by atoms with van der Waals surface area (Å²) in [6.45, 7) is 5.60. The highest BCUT2D eigenvalue weighted by molar-refractivity contribution is 6.07. The summed E-state index contributed by atoms with van der Waals surface area (Å²) in [6, 6.07) is 9.83. The normalized spacial score (nSPS) is 20.0. The van der Waals surface area contributed by atoms with Crippen LogP contribution in [0.3, 0.4) is 0 Å². The molecular formula is C20H20F2N2O2. The molecule has 2 aromatic carbocycles. The van der Waals surface area contributed by atoms with Crippen molar-refractivity contribution in [3.8, 4) is 0 Å². The molecule has 0 bridgehead atoms. The molecule has 26 heavy (non-hydrogen) atoms. The maximum absolute atomic E-state index is 14.2. The van der Waals surface area contributed by atoms with E-state index in [2.05, 4.69) is 19.2 Å². The smallest absolute Gasteiger partial charge is 0.319 e. The number of hydrogen-bond acceptors (Lipinski definition) is 2. The third-order valence-corrected chi connectivity index (χ3v) is 4.73. The molecule has 1 atom stereocenters. The SMILES string of the molecule is CC(C)c1ccc(CN2C(=O)NC(C)(c3cc(F)ccc3F)C2=O)cc1. The maximum Gasteiger partial charge on any atom is 0.325 e. The number of urea groups is 1. The van der Waals surface area contributed by atoms with Gasteiger partial charge >= 0.3 is 6.03 Å². The first-order valence-corrected chi connectivity index (χ1v) is 8.41. The highest BCUT2D eigenvalue weighted by atomic mass is 19.1. The van der Waals surface area contributed by atoms with E-state index in [-0.39, 0.29) is 12.1 Å². The zero-order valence-electron chi connectivity index (χ0n) is 14.8. The predicted octanol–water partition coefficient (Wildman–Crippen LogP) is 4.06. The van der Waals surface area contributed by atoms with Gasteiger partial charge in [-0.25, -0.2) is 13.6 Å². The monoisotopic (exact) mass is 358 g/mol. The first-order chi connectivity index (χ1) is 12.2. The van der Waals surface area contributed by atoms with Crippen molar-refractivity contribution < 1.29 is 18.4 Å². The van der Waals surface area contributed by atoms with Gasteiger partial charge in [-0.05, 0) is 42.2 Å². The van der Waals surface area contributed by atoms with E-state index in [4.69, 9.17) is 0 Å². The van der Waals surface area contributed by atoms with E-state index >= 15 is 0 Å². The molecule has 1 N–H and O–H groups in total. The Labute approximate surface area is 150 Å². The van der Waals surface area contributed by atoms with Gasteiger partial charge in [-0.1, -0.05) is 38.1 Å². The van der Waals surface area contributed by atoms with E-state index < -0.39 is 29.1 Å². The summed E-state index contributed by atoms with van der Waals surface area (Å²) in [7, 11) is 0. The van der Waals surface area contributed by atoms with Crippen molar-refractivity contribution in [2.45, 2.75) is 38.8 Å². The first kappa shape index (κ1) is 18.0. The fraction of sp³-hybridized carbons (Fsp3) is 0.300. The number of amides is 3. The molecule has 0 spiro atoms. The van der Waals surface area contributed by atoms with Crippen molar-refractivity contribution in [1.82, 2.24) is 10.2 Å². The Kier molecular flexibility index (Phi) is 4.52. The van der Waals surface area contributed by atoms with Crippen LogP contribution in [0.25, 0.3) is 0 Å². The summed E-state index contributed by atoms with van der Waals surface area (Å²) in [5, 5.41) is 2.50. The molecule has 1 heterocycles. The van der Waals surface area contributed by atoms with Gasteiger partial charge in [0.05, 0.1) is 6.54 Å². The van der Waals surface area contributed by atoms with Crippen LogP contribution in [0.5, 0.6) is 0 Å². The molecular weight excluding hydrogens is 338 g/mol. The number of nitrogens with zero attached hydrogens (tertiary/aromatic N) is 1. The van der Waals surface area contributed by atoms with Crippen LogP contribution in [0.15, 0.2) is 42.5 Å². The lowest BCUT2D eigenvalue weighted by molar-refractivity contribution is -0.131. The van der Waals surface area contributed by atoms with Gasteiger partial charge in [-0.2, -0.15) is 0 Å². The predicted molar refractivity (Wildman–Crippen MR) is 93.3 cm³/mol. The van der Waals surface area contributed by atoms with Crippen molar-refractivity contribution >= 4 is 11.9 Å². The quantitative estimate of drug-likeness (QED) is 0.838. The molecule has 136 valence electrons. The van der Waals surface area contributed by atoms with E-state index in [0.29, 0.717) is 5.92 Å². The molecule has 1 aliphatic rings. The summed E-state index contributed by atoms with van der Waals surface area (Å²) in [5.41, 5.74) is 0.106. The average Bonchev–Trinajstić information content (AvgIpc) is 2.81. The number of carbonyl (C=O) groups excluding carboxylic acids is 2. The molecule has 1 unspecified atom stereocenters. The Bertz CT molecular complexity index is 865. The summed E-state index contributed by atoms with van der Waals surface area (Å²) >= 11 is 0. The fourth-order valence-electron chi connectivity index (χ4n) is 3.09. The number of hydrogen-bond donors (Lipinski definition) is 1. The second-order valence-electron chi connectivity index (χ2n) is 6.97. The van der Waals surface area contributed by atoms with Crippen LogP contribution in [0.2, 0.25) is 0 Å². The summed E-state index contributed by atoms with van der Waals surface area (Å²) in [5.74, 6) is -1.65. The van der Waals surface area contributed by atoms with Crippen molar-refractivity contribution in [3.05, 3.63) is 70.8 Å². The van der Waals surface area contributed by atoms with Crippen LogP contribution in [0, 0.1) is 11.6 Å². The van der Waals surface area contributed by atoms with Crippen LogP contribution in [-0.2, 0) is 16.9 Å². The third-order valence-electron chi connectivity index (χ3n) is 4.73. The lowest BCUT2D eigenvalue weighted by atomic mass is 9.91. The molecule has 2 aromatic rings. The van der Waals surface area contributed by atoms with E-state index in [9.17, 15) is 18.4 Å². The molecule has 3 amide bonds. The van der Waals surface area contributed by atoms with Gasteiger partial charge < -0.3 is 5.32 Å². The Balaban J connectivity index is 1.88. The zero-order chi connectivity index (χ0) is 19.1. The minimum absolute atomic E-state index is 0.0650. The Morgan fingerprint density at radius 2 is 1.73 bits per heavy atom. The number of benzene rings is 2.